The van der Waals surface area contributed by atoms with E-state index in [2.05, 4.69) is 15.4 Å². The highest BCUT2D eigenvalue weighted by molar-refractivity contribution is 5.75. The van der Waals surface area contributed by atoms with Gasteiger partial charge in [-0.3, -0.25) is 14.6 Å². The Kier molecular flexibility index (Phi) is 4.76. The molecule has 2 aromatic heterocycles. The number of rotatable bonds is 5. The second-order valence-electron chi connectivity index (χ2n) is 5.21. The molecule has 0 unspecified atom stereocenters. The third kappa shape index (κ3) is 3.92. The molecule has 0 saturated carbocycles. The normalized spacial score (nSPS) is 10.3. The largest absolute Gasteiger partial charge is 0.350 e. The van der Waals surface area contributed by atoms with Crippen molar-refractivity contribution in [2.45, 2.75) is 13.1 Å². The fraction of sp³-hybridized carbons (Fsp3) is 0.111. The number of hydrogen-bond donors (Lipinski definition) is 1. The zero-order valence-corrected chi connectivity index (χ0v) is 12.9. The molecular weight excluding hydrogens is 304 g/mol. The fourth-order valence-corrected chi connectivity index (χ4v) is 2.23. The van der Waals surface area contributed by atoms with Gasteiger partial charge in [-0.15, -0.1) is 0 Å². The van der Waals surface area contributed by atoms with Crippen LogP contribution in [0.5, 0.6) is 0 Å². The van der Waals surface area contributed by atoms with Crippen LogP contribution in [-0.4, -0.2) is 20.7 Å². The van der Waals surface area contributed by atoms with Crippen molar-refractivity contribution in [1.29, 1.82) is 0 Å². The van der Waals surface area contributed by atoms with E-state index in [0.717, 1.165) is 15.8 Å². The number of amides is 1. The summed E-state index contributed by atoms with van der Waals surface area (Å²) in [5.41, 5.74) is 2.13. The van der Waals surface area contributed by atoms with Crippen LogP contribution in [0.25, 0.3) is 11.3 Å². The molecule has 1 amide bonds. The molecule has 2 heterocycles. The number of pyridine rings is 1. The Labute approximate surface area is 138 Å². The molecule has 0 atom stereocenters. The lowest BCUT2D eigenvalue weighted by molar-refractivity contribution is -0.122. The highest BCUT2D eigenvalue weighted by atomic mass is 16.2. The third-order valence-electron chi connectivity index (χ3n) is 3.47. The number of benzene rings is 1. The number of nitrogens with zero attached hydrogens (tertiary/aromatic N) is 3. The molecule has 120 valence electrons. The van der Waals surface area contributed by atoms with E-state index >= 15 is 0 Å². The molecule has 3 rings (SSSR count). The monoisotopic (exact) mass is 320 g/mol. The van der Waals surface area contributed by atoms with Crippen LogP contribution in [0.1, 0.15) is 5.56 Å². The first kappa shape index (κ1) is 15.6. The first-order valence-electron chi connectivity index (χ1n) is 7.51. The van der Waals surface area contributed by atoms with Crippen LogP contribution in [0.4, 0.5) is 0 Å². The van der Waals surface area contributed by atoms with Gasteiger partial charge in [-0.2, -0.15) is 5.10 Å². The molecule has 0 radical (unpaired) electrons. The Morgan fingerprint density at radius 1 is 1.00 bits per heavy atom. The van der Waals surface area contributed by atoms with Crippen LogP contribution in [0, 0.1) is 0 Å². The lowest BCUT2D eigenvalue weighted by atomic mass is 10.2. The van der Waals surface area contributed by atoms with Gasteiger partial charge in [-0.05, 0) is 23.8 Å². The van der Waals surface area contributed by atoms with E-state index in [4.69, 9.17) is 0 Å². The molecule has 1 N–H and O–H groups in total. The maximum absolute atomic E-state index is 12.1. The number of carbonyl (C=O) groups is 1. The summed E-state index contributed by atoms with van der Waals surface area (Å²) in [4.78, 5) is 27.9. The Morgan fingerprint density at radius 3 is 2.50 bits per heavy atom. The van der Waals surface area contributed by atoms with Crippen LogP contribution < -0.4 is 10.9 Å². The molecular formula is C18H16N4O2. The predicted octanol–water partition coefficient (Wildman–Crippen LogP) is 1.62. The van der Waals surface area contributed by atoms with Crippen molar-refractivity contribution in [3.8, 4) is 11.3 Å². The highest BCUT2D eigenvalue weighted by Gasteiger charge is 2.08. The number of aromatic nitrogens is 3. The molecule has 0 aliphatic carbocycles. The maximum atomic E-state index is 12.1. The second kappa shape index (κ2) is 7.32. The molecule has 0 saturated heterocycles. The predicted molar refractivity (Wildman–Crippen MR) is 90.0 cm³/mol. The minimum atomic E-state index is -0.317. The molecule has 0 fully saturated rings. The van der Waals surface area contributed by atoms with Gasteiger partial charge in [0, 0.05) is 30.6 Å². The molecule has 0 aliphatic heterocycles. The topological polar surface area (TPSA) is 76.9 Å². The van der Waals surface area contributed by atoms with E-state index in [0.29, 0.717) is 12.2 Å². The van der Waals surface area contributed by atoms with Crippen molar-refractivity contribution in [2.75, 3.05) is 0 Å². The smallest absolute Gasteiger partial charge is 0.267 e. The van der Waals surface area contributed by atoms with Crippen LogP contribution in [0.3, 0.4) is 0 Å². The van der Waals surface area contributed by atoms with Gasteiger partial charge >= 0.3 is 0 Å². The van der Waals surface area contributed by atoms with Crippen molar-refractivity contribution in [3.05, 3.63) is 82.9 Å². The molecule has 0 spiro atoms. The van der Waals surface area contributed by atoms with Gasteiger partial charge in [-0.1, -0.05) is 30.3 Å². The summed E-state index contributed by atoms with van der Waals surface area (Å²) in [6, 6.07) is 16.2. The van der Waals surface area contributed by atoms with E-state index in [-0.39, 0.29) is 18.0 Å². The van der Waals surface area contributed by atoms with Gasteiger partial charge in [-0.25, -0.2) is 4.68 Å². The lowest BCUT2D eigenvalue weighted by Crippen LogP contribution is -2.33. The molecule has 0 aliphatic rings. The minimum Gasteiger partial charge on any atom is -0.350 e. The van der Waals surface area contributed by atoms with E-state index < -0.39 is 0 Å². The van der Waals surface area contributed by atoms with Crippen molar-refractivity contribution in [3.63, 3.8) is 0 Å². The van der Waals surface area contributed by atoms with E-state index in [1.165, 1.54) is 6.07 Å². The summed E-state index contributed by atoms with van der Waals surface area (Å²) in [6.07, 6.45) is 3.30. The van der Waals surface area contributed by atoms with Crippen LogP contribution in [0.15, 0.2) is 71.8 Å². The first-order chi connectivity index (χ1) is 11.7. The van der Waals surface area contributed by atoms with Crippen molar-refractivity contribution in [2.24, 2.45) is 0 Å². The average molecular weight is 320 g/mol. The summed E-state index contributed by atoms with van der Waals surface area (Å²) in [5, 5.41) is 7.04. The zero-order chi connectivity index (χ0) is 16.8. The van der Waals surface area contributed by atoms with Gasteiger partial charge in [0.15, 0.2) is 0 Å². The summed E-state index contributed by atoms with van der Waals surface area (Å²) in [7, 11) is 0. The number of hydrogen-bond acceptors (Lipinski definition) is 4. The maximum Gasteiger partial charge on any atom is 0.267 e. The van der Waals surface area contributed by atoms with E-state index in [1.807, 2.05) is 30.3 Å². The Balaban J connectivity index is 1.70. The van der Waals surface area contributed by atoms with Gasteiger partial charge in [0.05, 0.1) is 5.69 Å². The Hall–Kier alpha value is -3.28. The lowest BCUT2D eigenvalue weighted by Gasteiger charge is -2.08. The molecule has 6 heteroatoms. The van der Waals surface area contributed by atoms with Crippen LogP contribution in [-0.2, 0) is 17.9 Å². The molecule has 0 bridgehead atoms. The SMILES string of the molecule is O=C(Cn1nc(-c2ccncc2)ccc1=O)NCc1ccccc1. The number of carbonyl (C=O) groups excluding carboxylic acids is 1. The third-order valence-corrected chi connectivity index (χ3v) is 3.47. The van der Waals surface area contributed by atoms with Crippen molar-refractivity contribution in [1.82, 2.24) is 20.1 Å². The molecule has 3 aromatic rings. The average Bonchev–Trinajstić information content (AvgIpc) is 2.63. The highest BCUT2D eigenvalue weighted by Crippen LogP contribution is 2.12. The van der Waals surface area contributed by atoms with Gasteiger partial charge in [0.2, 0.25) is 5.91 Å². The van der Waals surface area contributed by atoms with E-state index in [1.54, 1.807) is 30.6 Å². The van der Waals surface area contributed by atoms with Gasteiger partial charge in [0.1, 0.15) is 6.54 Å². The minimum absolute atomic E-state index is 0.120. The Morgan fingerprint density at radius 2 is 1.75 bits per heavy atom. The quantitative estimate of drug-likeness (QED) is 0.775. The molecule has 6 nitrogen and oxygen atoms in total. The first-order valence-corrected chi connectivity index (χ1v) is 7.51. The van der Waals surface area contributed by atoms with Crippen LogP contribution >= 0.6 is 0 Å². The molecule has 1 aromatic carbocycles. The zero-order valence-electron chi connectivity index (χ0n) is 12.9. The van der Waals surface area contributed by atoms with Crippen molar-refractivity contribution < 1.29 is 4.79 Å². The summed E-state index contributed by atoms with van der Waals surface area (Å²) < 4.78 is 1.16. The van der Waals surface area contributed by atoms with Gasteiger partial charge < -0.3 is 5.32 Å². The van der Waals surface area contributed by atoms with Crippen molar-refractivity contribution >= 4 is 5.91 Å². The van der Waals surface area contributed by atoms with Gasteiger partial charge in [0.25, 0.3) is 5.56 Å². The Bertz CT molecular complexity index is 876. The van der Waals surface area contributed by atoms with Crippen LogP contribution in [0.2, 0.25) is 0 Å². The summed E-state index contributed by atoms with van der Waals surface area (Å²) in [5.74, 6) is -0.264. The summed E-state index contributed by atoms with van der Waals surface area (Å²) >= 11 is 0. The fourth-order valence-electron chi connectivity index (χ4n) is 2.23. The standard InChI is InChI=1S/C18H16N4O2/c23-17(20-12-14-4-2-1-3-5-14)13-22-18(24)7-6-16(21-22)15-8-10-19-11-9-15/h1-11H,12-13H2,(H,20,23). The summed E-state index contributed by atoms with van der Waals surface area (Å²) in [6.45, 7) is 0.295. The van der Waals surface area contributed by atoms with E-state index in [9.17, 15) is 9.59 Å². The molecule has 24 heavy (non-hydrogen) atoms. The second-order valence-corrected chi connectivity index (χ2v) is 5.21. The number of nitrogens with one attached hydrogen (secondary N) is 1.